The number of hydrogen-bond donors (Lipinski definition) is 0. The summed E-state index contributed by atoms with van der Waals surface area (Å²) in [6.45, 7) is 3.50. The third-order valence-corrected chi connectivity index (χ3v) is 5.11. The van der Waals surface area contributed by atoms with E-state index in [-0.39, 0.29) is 6.10 Å². The summed E-state index contributed by atoms with van der Waals surface area (Å²) in [5, 5.41) is 0. The zero-order valence-corrected chi connectivity index (χ0v) is 16.1. The Hall–Kier alpha value is -2.76. The van der Waals surface area contributed by atoms with Gasteiger partial charge in [0, 0.05) is 37.6 Å². The quantitative estimate of drug-likeness (QED) is 0.656. The third-order valence-electron chi connectivity index (χ3n) is 5.11. The Labute approximate surface area is 166 Å². The van der Waals surface area contributed by atoms with Crippen molar-refractivity contribution in [3.63, 3.8) is 0 Å². The molecule has 0 unspecified atom stereocenters. The maximum Gasteiger partial charge on any atom is 0.118 e. The first kappa shape index (κ1) is 18.6. The van der Waals surface area contributed by atoms with E-state index >= 15 is 0 Å². The van der Waals surface area contributed by atoms with Crippen LogP contribution in [0.5, 0.6) is 5.75 Å². The molecule has 1 saturated heterocycles. The molecular formula is C23H25N3O2. The molecule has 1 aromatic heterocycles. The first-order chi connectivity index (χ1) is 13.8. The van der Waals surface area contributed by atoms with Crippen molar-refractivity contribution in [1.82, 2.24) is 14.9 Å². The highest BCUT2D eigenvalue weighted by Gasteiger charge is 2.26. The summed E-state index contributed by atoms with van der Waals surface area (Å²) < 4.78 is 11.3. The number of ether oxygens (including phenoxy) is 2. The lowest BCUT2D eigenvalue weighted by Gasteiger charge is -2.33. The fraction of sp³-hybridized carbons (Fsp3) is 0.304. The van der Waals surface area contributed by atoms with Crippen LogP contribution < -0.4 is 4.74 Å². The van der Waals surface area contributed by atoms with Crippen molar-refractivity contribution in [1.29, 1.82) is 0 Å². The SMILES string of the molecule is COc1ccc(-c2nccnc2[C@@H]2CN(CCc3ccccc3)CCO2)cc1. The Morgan fingerprint density at radius 2 is 1.82 bits per heavy atom. The van der Waals surface area contributed by atoms with Crippen LogP contribution in [0.2, 0.25) is 0 Å². The molecule has 1 aliphatic heterocycles. The molecule has 0 bridgehead atoms. The van der Waals surface area contributed by atoms with Crippen LogP contribution in [0.25, 0.3) is 11.3 Å². The number of methoxy groups -OCH3 is 1. The van der Waals surface area contributed by atoms with E-state index in [9.17, 15) is 0 Å². The van der Waals surface area contributed by atoms with Crippen LogP contribution in [0.1, 0.15) is 17.4 Å². The van der Waals surface area contributed by atoms with E-state index in [2.05, 4.69) is 45.2 Å². The average Bonchev–Trinajstić information content (AvgIpc) is 2.79. The molecule has 1 atom stereocenters. The van der Waals surface area contributed by atoms with Crippen molar-refractivity contribution in [2.24, 2.45) is 0 Å². The van der Waals surface area contributed by atoms with Gasteiger partial charge >= 0.3 is 0 Å². The molecule has 0 aliphatic carbocycles. The van der Waals surface area contributed by atoms with Crippen LogP contribution >= 0.6 is 0 Å². The van der Waals surface area contributed by atoms with Crippen molar-refractivity contribution in [2.75, 3.05) is 33.4 Å². The Morgan fingerprint density at radius 1 is 1.04 bits per heavy atom. The van der Waals surface area contributed by atoms with Crippen LogP contribution in [0.3, 0.4) is 0 Å². The zero-order valence-electron chi connectivity index (χ0n) is 16.1. The van der Waals surface area contributed by atoms with Gasteiger partial charge in [0.2, 0.25) is 0 Å². The third kappa shape index (κ3) is 4.38. The molecular weight excluding hydrogens is 350 g/mol. The molecule has 0 amide bonds. The van der Waals surface area contributed by atoms with Gasteiger partial charge in [0.15, 0.2) is 0 Å². The lowest BCUT2D eigenvalue weighted by atomic mass is 10.0. The predicted octanol–water partition coefficient (Wildman–Crippen LogP) is 3.77. The molecule has 0 radical (unpaired) electrons. The first-order valence-corrected chi connectivity index (χ1v) is 9.66. The number of morpholine rings is 1. The molecule has 0 N–H and O–H groups in total. The topological polar surface area (TPSA) is 47.5 Å². The number of nitrogens with zero attached hydrogens (tertiary/aromatic N) is 3. The minimum Gasteiger partial charge on any atom is -0.497 e. The van der Waals surface area contributed by atoms with Crippen LogP contribution in [0.15, 0.2) is 67.0 Å². The first-order valence-electron chi connectivity index (χ1n) is 9.66. The maximum absolute atomic E-state index is 6.08. The Bertz CT molecular complexity index is 884. The van der Waals surface area contributed by atoms with Gasteiger partial charge in [-0.2, -0.15) is 0 Å². The molecule has 0 saturated carbocycles. The highest BCUT2D eigenvalue weighted by atomic mass is 16.5. The molecule has 1 fully saturated rings. The van der Waals surface area contributed by atoms with Crippen LogP contribution in [-0.4, -0.2) is 48.2 Å². The highest BCUT2D eigenvalue weighted by molar-refractivity contribution is 5.62. The van der Waals surface area contributed by atoms with Gasteiger partial charge in [-0.1, -0.05) is 30.3 Å². The number of hydrogen-bond acceptors (Lipinski definition) is 5. The van der Waals surface area contributed by atoms with Crippen LogP contribution in [0.4, 0.5) is 0 Å². The van der Waals surface area contributed by atoms with Gasteiger partial charge < -0.3 is 9.47 Å². The molecule has 3 aromatic rings. The van der Waals surface area contributed by atoms with Gasteiger partial charge in [-0.25, -0.2) is 0 Å². The molecule has 2 aromatic carbocycles. The molecule has 4 rings (SSSR count). The van der Waals surface area contributed by atoms with Crippen molar-refractivity contribution < 1.29 is 9.47 Å². The second-order valence-electron chi connectivity index (χ2n) is 6.91. The summed E-state index contributed by atoms with van der Waals surface area (Å²) in [7, 11) is 1.67. The van der Waals surface area contributed by atoms with Crippen molar-refractivity contribution in [3.8, 4) is 17.0 Å². The fourth-order valence-corrected chi connectivity index (χ4v) is 3.56. The maximum atomic E-state index is 6.08. The number of rotatable bonds is 6. The van der Waals surface area contributed by atoms with Gasteiger partial charge in [-0.15, -0.1) is 0 Å². The van der Waals surface area contributed by atoms with Gasteiger partial charge in [-0.3, -0.25) is 14.9 Å². The summed E-state index contributed by atoms with van der Waals surface area (Å²) in [6, 6.07) is 18.5. The van der Waals surface area contributed by atoms with Crippen LogP contribution in [-0.2, 0) is 11.2 Å². The summed E-state index contributed by atoms with van der Waals surface area (Å²) in [6.07, 6.45) is 4.45. The Morgan fingerprint density at radius 3 is 2.61 bits per heavy atom. The Balaban J connectivity index is 1.49. The minimum absolute atomic E-state index is 0.0738. The smallest absolute Gasteiger partial charge is 0.118 e. The van der Waals surface area contributed by atoms with E-state index in [4.69, 9.17) is 9.47 Å². The van der Waals surface area contributed by atoms with E-state index in [0.29, 0.717) is 6.61 Å². The molecule has 5 nitrogen and oxygen atoms in total. The van der Waals surface area contributed by atoms with Crippen molar-refractivity contribution >= 4 is 0 Å². The second kappa shape index (κ2) is 8.95. The second-order valence-corrected chi connectivity index (χ2v) is 6.91. The summed E-state index contributed by atoms with van der Waals surface area (Å²) in [5.74, 6) is 0.829. The molecule has 144 valence electrons. The van der Waals surface area contributed by atoms with E-state index in [1.165, 1.54) is 5.56 Å². The molecule has 0 spiro atoms. The summed E-state index contributed by atoms with van der Waals surface area (Å²) in [4.78, 5) is 11.7. The van der Waals surface area contributed by atoms with Crippen molar-refractivity contribution in [2.45, 2.75) is 12.5 Å². The Kier molecular flexibility index (Phi) is 5.95. The lowest BCUT2D eigenvalue weighted by Crippen LogP contribution is -2.39. The van der Waals surface area contributed by atoms with Crippen molar-refractivity contribution in [3.05, 3.63) is 78.2 Å². The van der Waals surface area contributed by atoms with Gasteiger partial charge in [0.1, 0.15) is 11.9 Å². The molecule has 5 heteroatoms. The summed E-state index contributed by atoms with van der Waals surface area (Å²) in [5.41, 5.74) is 4.16. The highest BCUT2D eigenvalue weighted by Crippen LogP contribution is 2.29. The predicted molar refractivity (Wildman–Crippen MR) is 109 cm³/mol. The largest absolute Gasteiger partial charge is 0.497 e. The lowest BCUT2D eigenvalue weighted by molar-refractivity contribution is -0.0315. The van der Waals surface area contributed by atoms with E-state index in [1.54, 1.807) is 19.5 Å². The standard InChI is InChI=1S/C23H25N3O2/c1-27-20-9-7-19(8-10-20)22-23(25-13-12-24-22)21-17-26(15-16-28-21)14-11-18-5-3-2-4-6-18/h2-10,12-13,21H,11,14-17H2,1H3/t21-/m0/s1. The van der Waals surface area contributed by atoms with Gasteiger partial charge in [0.25, 0.3) is 0 Å². The monoisotopic (exact) mass is 375 g/mol. The molecule has 1 aliphatic rings. The van der Waals surface area contributed by atoms with Gasteiger partial charge in [0.05, 0.1) is 25.1 Å². The minimum atomic E-state index is -0.0738. The van der Waals surface area contributed by atoms with Crippen LogP contribution in [0, 0.1) is 0 Å². The summed E-state index contributed by atoms with van der Waals surface area (Å²) >= 11 is 0. The van der Waals surface area contributed by atoms with E-state index in [1.807, 2.05) is 24.3 Å². The molecule has 2 heterocycles. The average molecular weight is 375 g/mol. The van der Waals surface area contributed by atoms with E-state index in [0.717, 1.165) is 48.8 Å². The number of benzene rings is 2. The zero-order chi connectivity index (χ0) is 19.2. The van der Waals surface area contributed by atoms with E-state index < -0.39 is 0 Å². The van der Waals surface area contributed by atoms with Gasteiger partial charge in [-0.05, 0) is 36.2 Å². The molecule has 28 heavy (non-hydrogen) atoms. The number of aromatic nitrogens is 2. The fourth-order valence-electron chi connectivity index (χ4n) is 3.56. The normalized spacial score (nSPS) is 17.4.